The zero-order chi connectivity index (χ0) is 14.3. The number of ketones is 1. The lowest BCUT2D eigenvalue weighted by molar-refractivity contribution is -0.125. The third-order valence-electron chi connectivity index (χ3n) is 2.66. The van der Waals surface area contributed by atoms with Crippen LogP contribution < -0.4 is 5.32 Å². The zero-order valence-corrected chi connectivity index (χ0v) is 12.2. The molecule has 19 heavy (non-hydrogen) atoms. The highest BCUT2D eigenvalue weighted by atomic mass is 16.5. The van der Waals surface area contributed by atoms with E-state index in [1.807, 2.05) is 0 Å². The zero-order valence-electron chi connectivity index (χ0n) is 12.2. The van der Waals surface area contributed by atoms with E-state index in [-0.39, 0.29) is 11.7 Å². The van der Waals surface area contributed by atoms with Crippen molar-refractivity contribution in [2.45, 2.75) is 45.4 Å². The van der Waals surface area contributed by atoms with Gasteiger partial charge in [0.2, 0.25) is 5.91 Å². The van der Waals surface area contributed by atoms with Gasteiger partial charge in [0.05, 0.1) is 13.2 Å². The third kappa shape index (κ3) is 13.3. The molecule has 5 nitrogen and oxygen atoms in total. The second-order valence-corrected chi connectivity index (χ2v) is 4.45. The first-order valence-corrected chi connectivity index (χ1v) is 7.05. The van der Waals surface area contributed by atoms with Crippen LogP contribution in [0.2, 0.25) is 0 Å². The molecule has 0 spiro atoms. The van der Waals surface area contributed by atoms with Gasteiger partial charge in [-0.1, -0.05) is 13.3 Å². The number of rotatable bonds is 13. The molecule has 1 amide bonds. The molecule has 0 aromatic heterocycles. The van der Waals surface area contributed by atoms with Crippen molar-refractivity contribution in [3.63, 3.8) is 0 Å². The molecule has 0 unspecified atom stereocenters. The van der Waals surface area contributed by atoms with Crippen LogP contribution >= 0.6 is 0 Å². The summed E-state index contributed by atoms with van der Waals surface area (Å²) in [4.78, 5) is 22.9. The van der Waals surface area contributed by atoms with Gasteiger partial charge >= 0.3 is 0 Å². The number of carbonyl (C=O) groups is 2. The molecule has 0 aliphatic heterocycles. The molecule has 0 atom stereocenters. The molecule has 5 heteroatoms. The molecule has 0 rings (SSSR count). The van der Waals surface area contributed by atoms with Crippen molar-refractivity contribution in [3.8, 4) is 0 Å². The molecule has 0 fully saturated rings. The van der Waals surface area contributed by atoms with Crippen molar-refractivity contribution in [2.75, 3.05) is 33.5 Å². The van der Waals surface area contributed by atoms with E-state index < -0.39 is 0 Å². The normalized spacial score (nSPS) is 10.4. The SMILES string of the molecule is CCCCNC(=O)CCC(=O)CCCOCCOC. The number of amides is 1. The second-order valence-electron chi connectivity index (χ2n) is 4.45. The first kappa shape index (κ1) is 18.1. The van der Waals surface area contributed by atoms with Crippen molar-refractivity contribution in [1.29, 1.82) is 0 Å². The van der Waals surface area contributed by atoms with Gasteiger partial charge in [-0.2, -0.15) is 0 Å². The van der Waals surface area contributed by atoms with Crippen LogP contribution in [0.25, 0.3) is 0 Å². The molecule has 0 radical (unpaired) electrons. The number of carbonyl (C=O) groups excluding carboxylic acids is 2. The molecule has 0 aromatic rings. The lowest BCUT2D eigenvalue weighted by Gasteiger charge is -2.04. The van der Waals surface area contributed by atoms with Crippen LogP contribution in [0.4, 0.5) is 0 Å². The van der Waals surface area contributed by atoms with Crippen molar-refractivity contribution >= 4 is 11.7 Å². The molecule has 0 bridgehead atoms. The van der Waals surface area contributed by atoms with Gasteiger partial charge in [-0.05, 0) is 12.8 Å². The van der Waals surface area contributed by atoms with Gasteiger partial charge in [-0.3, -0.25) is 9.59 Å². The summed E-state index contributed by atoms with van der Waals surface area (Å²) in [5.74, 6) is 0.0964. The van der Waals surface area contributed by atoms with Crippen LogP contribution in [0.3, 0.4) is 0 Å². The predicted molar refractivity (Wildman–Crippen MR) is 74.1 cm³/mol. The number of hydrogen-bond donors (Lipinski definition) is 1. The average Bonchev–Trinajstić information content (AvgIpc) is 2.40. The lowest BCUT2D eigenvalue weighted by atomic mass is 10.1. The average molecular weight is 273 g/mol. The smallest absolute Gasteiger partial charge is 0.220 e. The van der Waals surface area contributed by atoms with Gasteiger partial charge in [-0.15, -0.1) is 0 Å². The van der Waals surface area contributed by atoms with E-state index in [1.165, 1.54) is 0 Å². The van der Waals surface area contributed by atoms with Crippen LogP contribution in [0.1, 0.15) is 45.4 Å². The van der Waals surface area contributed by atoms with Crippen LogP contribution in [0, 0.1) is 0 Å². The maximum atomic E-state index is 11.5. The van der Waals surface area contributed by atoms with E-state index in [1.54, 1.807) is 7.11 Å². The topological polar surface area (TPSA) is 64.6 Å². The monoisotopic (exact) mass is 273 g/mol. The Balaban J connectivity index is 3.36. The van der Waals surface area contributed by atoms with Gasteiger partial charge in [-0.25, -0.2) is 0 Å². The highest BCUT2D eigenvalue weighted by Gasteiger charge is 2.06. The summed E-state index contributed by atoms with van der Waals surface area (Å²) in [7, 11) is 1.62. The summed E-state index contributed by atoms with van der Waals surface area (Å²) >= 11 is 0. The highest BCUT2D eigenvalue weighted by molar-refractivity contribution is 5.84. The van der Waals surface area contributed by atoms with Crippen molar-refractivity contribution < 1.29 is 19.1 Å². The molecular formula is C14H27NO4. The van der Waals surface area contributed by atoms with Crippen molar-refractivity contribution in [1.82, 2.24) is 5.32 Å². The summed E-state index contributed by atoms with van der Waals surface area (Å²) in [6.07, 6.45) is 3.86. The first-order chi connectivity index (χ1) is 9.20. The summed E-state index contributed by atoms with van der Waals surface area (Å²) in [6, 6.07) is 0. The Morgan fingerprint density at radius 1 is 1.00 bits per heavy atom. The Morgan fingerprint density at radius 3 is 2.47 bits per heavy atom. The molecule has 0 saturated carbocycles. The largest absolute Gasteiger partial charge is 0.382 e. The minimum absolute atomic E-state index is 0.0295. The van der Waals surface area contributed by atoms with E-state index in [2.05, 4.69) is 12.2 Å². The fraction of sp³-hybridized carbons (Fsp3) is 0.857. The van der Waals surface area contributed by atoms with Gasteiger partial charge in [0.25, 0.3) is 0 Å². The van der Waals surface area contributed by atoms with Gasteiger partial charge < -0.3 is 14.8 Å². The Bertz CT molecular complexity index is 244. The fourth-order valence-electron chi connectivity index (χ4n) is 1.49. The Labute approximate surface area is 116 Å². The number of hydrogen-bond acceptors (Lipinski definition) is 4. The maximum absolute atomic E-state index is 11.5. The minimum Gasteiger partial charge on any atom is -0.382 e. The number of ether oxygens (including phenoxy) is 2. The quantitative estimate of drug-likeness (QED) is 0.519. The summed E-state index contributed by atoms with van der Waals surface area (Å²) in [5.41, 5.74) is 0. The molecule has 0 aromatic carbocycles. The Kier molecular flexibility index (Phi) is 12.8. The summed E-state index contributed by atoms with van der Waals surface area (Å²) in [5, 5.41) is 2.80. The number of methoxy groups -OCH3 is 1. The number of Topliss-reactive ketones (excluding diaryl/α,β-unsaturated/α-hetero) is 1. The van der Waals surface area contributed by atoms with E-state index in [9.17, 15) is 9.59 Å². The van der Waals surface area contributed by atoms with Gasteiger partial charge in [0, 0.05) is 39.5 Å². The standard InChI is InChI=1S/C14H27NO4/c1-3-4-9-15-14(17)8-7-13(16)6-5-10-19-12-11-18-2/h3-12H2,1-2H3,(H,15,17). The highest BCUT2D eigenvalue weighted by Crippen LogP contribution is 1.99. The minimum atomic E-state index is -0.0295. The molecule has 1 N–H and O–H groups in total. The third-order valence-corrected chi connectivity index (χ3v) is 2.66. The van der Waals surface area contributed by atoms with E-state index in [0.717, 1.165) is 12.8 Å². The Hall–Kier alpha value is -0.940. The number of unbranched alkanes of at least 4 members (excludes halogenated alkanes) is 1. The van der Waals surface area contributed by atoms with Crippen LogP contribution in [0.15, 0.2) is 0 Å². The Morgan fingerprint density at radius 2 is 1.79 bits per heavy atom. The second kappa shape index (κ2) is 13.5. The molecular weight excluding hydrogens is 246 g/mol. The van der Waals surface area contributed by atoms with Crippen LogP contribution in [0.5, 0.6) is 0 Å². The lowest BCUT2D eigenvalue weighted by Crippen LogP contribution is -2.24. The first-order valence-electron chi connectivity index (χ1n) is 7.05. The number of nitrogens with one attached hydrogen (secondary N) is 1. The van der Waals surface area contributed by atoms with Gasteiger partial charge in [0.1, 0.15) is 5.78 Å². The molecule has 0 saturated heterocycles. The van der Waals surface area contributed by atoms with Crippen LogP contribution in [-0.4, -0.2) is 45.2 Å². The van der Waals surface area contributed by atoms with Gasteiger partial charge in [0.15, 0.2) is 0 Å². The molecule has 0 aliphatic carbocycles. The van der Waals surface area contributed by atoms with E-state index in [0.29, 0.717) is 52.0 Å². The molecule has 0 aliphatic rings. The van der Waals surface area contributed by atoms with E-state index in [4.69, 9.17) is 9.47 Å². The molecule has 0 heterocycles. The predicted octanol–water partition coefficient (Wildman–Crippen LogP) is 1.70. The van der Waals surface area contributed by atoms with E-state index >= 15 is 0 Å². The maximum Gasteiger partial charge on any atom is 0.220 e. The van der Waals surface area contributed by atoms with Crippen LogP contribution in [-0.2, 0) is 19.1 Å². The summed E-state index contributed by atoms with van der Waals surface area (Å²) in [6.45, 7) is 4.48. The summed E-state index contributed by atoms with van der Waals surface area (Å²) < 4.78 is 10.1. The van der Waals surface area contributed by atoms with Crippen molar-refractivity contribution in [2.24, 2.45) is 0 Å². The molecule has 112 valence electrons. The van der Waals surface area contributed by atoms with Crippen molar-refractivity contribution in [3.05, 3.63) is 0 Å². The fourth-order valence-corrected chi connectivity index (χ4v) is 1.49.